The maximum Gasteiger partial charge on any atom is 0.333 e. The second-order valence-electron chi connectivity index (χ2n) is 8.16. The fraction of sp³-hybridized carbons (Fsp3) is 0.120. The van der Waals surface area contributed by atoms with Crippen molar-refractivity contribution in [1.82, 2.24) is 14.3 Å². The molecule has 2 heterocycles. The van der Waals surface area contributed by atoms with Crippen molar-refractivity contribution in [1.29, 1.82) is 0 Å². The highest BCUT2D eigenvalue weighted by molar-refractivity contribution is 9.10. The van der Waals surface area contributed by atoms with Gasteiger partial charge in [-0.3, -0.25) is 19.3 Å². The molecule has 1 aliphatic carbocycles. The van der Waals surface area contributed by atoms with Gasteiger partial charge in [0.15, 0.2) is 5.54 Å². The molecule has 0 fully saturated rings. The molecule has 1 aliphatic heterocycles. The first kappa shape index (κ1) is 23.2. The molecule has 10 heteroatoms. The molecule has 1 unspecified atom stereocenters. The second-order valence-corrected chi connectivity index (χ2v) is 9.80. The number of hydrogen-bond donors (Lipinski definition) is 4. The van der Waals surface area contributed by atoms with E-state index in [2.05, 4.69) is 40.6 Å². The third-order valence-corrected chi connectivity index (χ3v) is 7.40. The Morgan fingerprint density at radius 1 is 1.11 bits per heavy atom. The first-order chi connectivity index (χ1) is 16.9. The number of aromatic amines is 1. The number of carbonyl (C=O) groups is 1. The van der Waals surface area contributed by atoms with Gasteiger partial charge in [-0.05, 0) is 70.4 Å². The summed E-state index contributed by atoms with van der Waals surface area (Å²) in [6.07, 6.45) is 3.36. The highest BCUT2D eigenvalue weighted by Crippen LogP contribution is 2.39. The van der Waals surface area contributed by atoms with Crippen LogP contribution in [0.25, 0.3) is 32.6 Å². The van der Waals surface area contributed by atoms with Crippen molar-refractivity contribution in [3.8, 4) is 21.6 Å². The topological polar surface area (TPSA) is 123 Å². The average molecular weight is 550 g/mol. The summed E-state index contributed by atoms with van der Waals surface area (Å²) in [6, 6.07) is 17.4. The summed E-state index contributed by atoms with van der Waals surface area (Å²) in [6.45, 7) is 0.803. The number of carboxylic acid groups (broad SMARTS) is 1. The molecule has 2 aromatic carbocycles. The van der Waals surface area contributed by atoms with Crippen molar-refractivity contribution in [2.24, 2.45) is 4.99 Å². The van der Waals surface area contributed by atoms with Gasteiger partial charge in [-0.2, -0.15) is 0 Å². The molecule has 4 N–H and O–H groups in total. The van der Waals surface area contributed by atoms with Crippen molar-refractivity contribution in [2.45, 2.75) is 12.5 Å². The van der Waals surface area contributed by atoms with Crippen LogP contribution < -0.4 is 10.7 Å². The summed E-state index contributed by atoms with van der Waals surface area (Å²) in [5.41, 5.74) is 3.93. The molecule has 35 heavy (non-hydrogen) atoms. The van der Waals surface area contributed by atoms with Crippen LogP contribution in [0, 0.1) is 0 Å². The first-order valence-electron chi connectivity index (χ1n) is 10.7. The number of aliphatic carboxylic acids is 1. The number of fused-ring (bicyclic) bond motifs is 2. The number of halogens is 1. The van der Waals surface area contributed by atoms with E-state index >= 15 is 0 Å². The molecule has 3 aromatic rings. The van der Waals surface area contributed by atoms with Gasteiger partial charge in [0.1, 0.15) is 5.82 Å². The van der Waals surface area contributed by atoms with Crippen molar-refractivity contribution < 1.29 is 15.0 Å². The van der Waals surface area contributed by atoms with E-state index in [0.717, 1.165) is 48.6 Å². The monoisotopic (exact) mass is 549 g/mol. The molecule has 1 aromatic heterocycles. The van der Waals surface area contributed by atoms with Crippen LogP contribution in [0.5, 0.6) is 0 Å². The van der Waals surface area contributed by atoms with Gasteiger partial charge in [-0.25, -0.2) is 4.79 Å². The molecule has 0 radical (unpaired) electrons. The van der Waals surface area contributed by atoms with Gasteiger partial charge >= 0.3 is 5.97 Å². The van der Waals surface area contributed by atoms with Crippen molar-refractivity contribution in [3.05, 3.63) is 76.8 Å². The number of rotatable bonds is 6. The zero-order valence-electron chi connectivity index (χ0n) is 18.5. The quantitative estimate of drug-likeness (QED) is 0.235. The van der Waals surface area contributed by atoms with Crippen LogP contribution in [0.4, 0.5) is 11.5 Å². The molecule has 8 nitrogen and oxygen atoms in total. The summed E-state index contributed by atoms with van der Waals surface area (Å²) >= 11 is 5.16. The molecule has 0 saturated carbocycles. The van der Waals surface area contributed by atoms with Crippen LogP contribution in [0.3, 0.4) is 0 Å². The molecular weight excluding hydrogens is 530 g/mol. The van der Waals surface area contributed by atoms with Gasteiger partial charge < -0.3 is 15.5 Å². The van der Waals surface area contributed by atoms with E-state index in [4.69, 9.17) is 0 Å². The largest absolute Gasteiger partial charge is 0.479 e. The van der Waals surface area contributed by atoms with E-state index in [1.807, 2.05) is 42.5 Å². The van der Waals surface area contributed by atoms with E-state index in [-0.39, 0.29) is 0 Å². The van der Waals surface area contributed by atoms with E-state index in [1.54, 1.807) is 24.5 Å². The van der Waals surface area contributed by atoms with Gasteiger partial charge in [0, 0.05) is 22.4 Å². The first-order valence-corrected chi connectivity index (χ1v) is 12.3. The van der Waals surface area contributed by atoms with Crippen LogP contribution in [-0.4, -0.2) is 42.7 Å². The van der Waals surface area contributed by atoms with E-state index in [9.17, 15) is 15.0 Å². The Bertz CT molecular complexity index is 1600. The molecular formula is C25H20BrN5O3S. The summed E-state index contributed by atoms with van der Waals surface area (Å²) in [7, 11) is 0. The summed E-state index contributed by atoms with van der Waals surface area (Å²) in [4.78, 5) is 25.4. The molecule has 2 aliphatic rings. The van der Waals surface area contributed by atoms with Crippen molar-refractivity contribution in [3.63, 3.8) is 0 Å². The van der Waals surface area contributed by atoms with Crippen LogP contribution in [0.2, 0.25) is 0 Å². The lowest BCUT2D eigenvalue weighted by Crippen LogP contribution is -2.38. The number of hydrogen-bond acceptors (Lipinski definition) is 7. The zero-order valence-corrected chi connectivity index (χ0v) is 20.9. The molecule has 176 valence electrons. The van der Waals surface area contributed by atoms with E-state index in [1.165, 1.54) is 18.5 Å². The lowest BCUT2D eigenvalue weighted by Gasteiger charge is -2.16. The van der Waals surface area contributed by atoms with Gasteiger partial charge in [0.2, 0.25) is 0 Å². The Kier molecular flexibility index (Phi) is 6.10. The fourth-order valence-corrected chi connectivity index (χ4v) is 5.10. The molecule has 0 saturated heterocycles. The smallest absolute Gasteiger partial charge is 0.333 e. The molecule has 1 atom stereocenters. The van der Waals surface area contributed by atoms with Gasteiger partial charge in [-0.15, -0.1) is 0 Å². The number of nitrogens with one attached hydrogen (secondary N) is 2. The number of aliphatic hydroxyl groups is 1. The van der Waals surface area contributed by atoms with E-state index < -0.39 is 18.1 Å². The normalized spacial score (nSPS) is 13.7. The van der Waals surface area contributed by atoms with Crippen molar-refractivity contribution >= 4 is 56.0 Å². The standard InChI is InChI=1S/C25H20BrN5O3S/c1-25(13-32,24(33)34)30-15-6-7-17-21(12-15)35-31-23(17)29-19-4-2-3-16(22(19)26)14-5-8-18-20(11-14)28-10-9-27-18/h2-12,29,31-32H,13H2,1H3,(H,33,34). The van der Waals surface area contributed by atoms with E-state index in [0.29, 0.717) is 5.36 Å². The number of anilines is 2. The SMILES string of the molecule is CC(CO)(N=c1ccc2c(Nc3cccc(-c4ccc5nccnc5c4)c3Br)[nH]sc-2c1)C(=O)O. The average Bonchev–Trinajstić information content (AvgIpc) is 3.26. The third kappa shape index (κ3) is 4.43. The molecule has 0 bridgehead atoms. The minimum atomic E-state index is -1.59. The Labute approximate surface area is 212 Å². The van der Waals surface area contributed by atoms with Crippen molar-refractivity contribution in [2.75, 3.05) is 11.9 Å². The zero-order chi connectivity index (χ0) is 24.6. The highest BCUT2D eigenvalue weighted by atomic mass is 79.9. The number of benzene rings is 3. The Hall–Kier alpha value is -3.60. The molecule has 5 rings (SSSR count). The number of aromatic nitrogens is 3. The maximum atomic E-state index is 11.5. The van der Waals surface area contributed by atoms with Gasteiger partial charge in [-0.1, -0.05) is 29.7 Å². The number of aliphatic hydroxyl groups excluding tert-OH is 1. The number of H-pyrrole nitrogens is 1. The Morgan fingerprint density at radius 3 is 2.69 bits per heavy atom. The molecule has 0 spiro atoms. The minimum absolute atomic E-state index is 0.487. The van der Waals surface area contributed by atoms with Crippen LogP contribution in [0.1, 0.15) is 6.92 Å². The predicted molar refractivity (Wildman–Crippen MR) is 140 cm³/mol. The van der Waals surface area contributed by atoms with Gasteiger partial charge in [0.05, 0.1) is 33.6 Å². The highest BCUT2D eigenvalue weighted by Gasteiger charge is 2.31. The Balaban J connectivity index is 1.48. The van der Waals surface area contributed by atoms with Gasteiger partial charge in [0.25, 0.3) is 0 Å². The summed E-state index contributed by atoms with van der Waals surface area (Å²) < 4.78 is 4.19. The number of nitrogens with zero attached hydrogens (tertiary/aromatic N) is 3. The maximum absolute atomic E-state index is 11.5. The lowest BCUT2D eigenvalue weighted by atomic mass is 10.0. The summed E-state index contributed by atoms with van der Waals surface area (Å²) in [5, 5.41) is 22.8. The van der Waals surface area contributed by atoms with Crippen LogP contribution >= 0.6 is 27.5 Å². The van der Waals surface area contributed by atoms with Crippen LogP contribution in [-0.2, 0) is 4.79 Å². The minimum Gasteiger partial charge on any atom is -0.479 e. The Morgan fingerprint density at radius 2 is 1.91 bits per heavy atom. The van der Waals surface area contributed by atoms with Crippen LogP contribution in [0.15, 0.2) is 76.5 Å². The second kappa shape index (κ2) is 9.21. The number of carboxylic acids is 1. The lowest BCUT2D eigenvalue weighted by molar-refractivity contribution is -0.144. The molecule has 0 amide bonds. The fourth-order valence-electron chi connectivity index (χ4n) is 3.68. The predicted octanol–water partition coefficient (Wildman–Crippen LogP) is 5.03. The third-order valence-electron chi connectivity index (χ3n) is 5.68. The summed E-state index contributed by atoms with van der Waals surface area (Å²) in [5.74, 6) is -0.370.